The molecule has 102 valence electrons. The monoisotopic (exact) mass is 262 g/mol. The molecule has 6 heteroatoms. The second kappa shape index (κ2) is 6.86. The van der Waals surface area contributed by atoms with Gasteiger partial charge < -0.3 is 15.2 Å². The van der Waals surface area contributed by atoms with Gasteiger partial charge in [0.1, 0.15) is 24.8 Å². The fourth-order valence-electron chi connectivity index (χ4n) is 1.58. The van der Waals surface area contributed by atoms with Crippen LogP contribution < -0.4 is 10.1 Å². The van der Waals surface area contributed by atoms with Crippen LogP contribution in [0.4, 0.5) is 0 Å². The van der Waals surface area contributed by atoms with E-state index in [1.807, 2.05) is 37.4 Å². The summed E-state index contributed by atoms with van der Waals surface area (Å²) in [6.07, 6.45) is 1.08. The van der Waals surface area contributed by atoms with Crippen LogP contribution in [-0.4, -0.2) is 39.1 Å². The van der Waals surface area contributed by atoms with Crippen LogP contribution in [0, 0.1) is 0 Å². The third-order valence-corrected chi connectivity index (χ3v) is 2.50. The van der Waals surface area contributed by atoms with E-state index in [-0.39, 0.29) is 6.61 Å². The van der Waals surface area contributed by atoms with Crippen LogP contribution in [0.1, 0.15) is 5.82 Å². The summed E-state index contributed by atoms with van der Waals surface area (Å²) >= 11 is 0. The molecule has 0 radical (unpaired) electrons. The number of nitrogens with zero attached hydrogens (tertiary/aromatic N) is 3. The van der Waals surface area contributed by atoms with Crippen molar-refractivity contribution in [1.82, 2.24) is 20.1 Å². The van der Waals surface area contributed by atoms with Gasteiger partial charge >= 0.3 is 0 Å². The minimum absolute atomic E-state index is 0.257. The van der Waals surface area contributed by atoms with Crippen molar-refractivity contribution >= 4 is 0 Å². The standard InChI is InChI=1S/C13H18N4O2/c1-17-10-15-13(16-17)8-14-7-11(18)9-19-12-5-3-2-4-6-12/h2-6,10-11,14,18H,7-9H2,1H3. The van der Waals surface area contributed by atoms with Crippen LogP contribution in [0.25, 0.3) is 0 Å². The van der Waals surface area contributed by atoms with Crippen LogP contribution in [0.2, 0.25) is 0 Å². The van der Waals surface area contributed by atoms with Gasteiger partial charge in [0.2, 0.25) is 0 Å². The van der Waals surface area contributed by atoms with Gasteiger partial charge in [-0.2, -0.15) is 5.10 Å². The Morgan fingerprint density at radius 2 is 2.16 bits per heavy atom. The van der Waals surface area contributed by atoms with Gasteiger partial charge in [-0.05, 0) is 12.1 Å². The summed E-state index contributed by atoms with van der Waals surface area (Å²) in [4.78, 5) is 4.08. The number of aromatic nitrogens is 3. The molecule has 1 heterocycles. The molecule has 0 aliphatic rings. The molecule has 1 aromatic carbocycles. The fourth-order valence-corrected chi connectivity index (χ4v) is 1.58. The Morgan fingerprint density at radius 3 is 2.84 bits per heavy atom. The van der Waals surface area contributed by atoms with Crippen molar-refractivity contribution in [2.24, 2.45) is 7.05 Å². The van der Waals surface area contributed by atoms with E-state index in [0.29, 0.717) is 18.9 Å². The second-order valence-corrected chi connectivity index (χ2v) is 4.24. The molecule has 19 heavy (non-hydrogen) atoms. The van der Waals surface area contributed by atoms with Crippen molar-refractivity contribution in [2.75, 3.05) is 13.2 Å². The third-order valence-electron chi connectivity index (χ3n) is 2.50. The molecule has 2 aromatic rings. The molecule has 2 rings (SSSR count). The van der Waals surface area contributed by atoms with E-state index in [0.717, 1.165) is 5.75 Å². The van der Waals surface area contributed by atoms with E-state index < -0.39 is 6.10 Å². The minimum atomic E-state index is -0.566. The SMILES string of the molecule is Cn1cnc(CNCC(O)COc2ccccc2)n1. The highest BCUT2D eigenvalue weighted by molar-refractivity contribution is 5.20. The Bertz CT molecular complexity index is 486. The Kier molecular flexibility index (Phi) is 4.88. The van der Waals surface area contributed by atoms with Crippen LogP contribution in [0.5, 0.6) is 5.75 Å². The van der Waals surface area contributed by atoms with Gasteiger partial charge in [0.05, 0.1) is 6.54 Å². The summed E-state index contributed by atoms with van der Waals surface area (Å²) in [5, 5.41) is 17.0. The Hall–Kier alpha value is -1.92. The maximum Gasteiger partial charge on any atom is 0.164 e. The molecule has 1 aromatic heterocycles. The summed E-state index contributed by atoms with van der Waals surface area (Å²) in [5.74, 6) is 1.46. The molecule has 6 nitrogen and oxygen atoms in total. The summed E-state index contributed by atoms with van der Waals surface area (Å²) in [7, 11) is 1.82. The van der Waals surface area contributed by atoms with Crippen molar-refractivity contribution in [1.29, 1.82) is 0 Å². The van der Waals surface area contributed by atoms with Gasteiger partial charge in [-0.1, -0.05) is 18.2 Å². The maximum atomic E-state index is 9.76. The molecule has 0 aliphatic heterocycles. The van der Waals surface area contributed by atoms with Crippen LogP contribution in [0.3, 0.4) is 0 Å². The van der Waals surface area contributed by atoms with E-state index in [1.54, 1.807) is 11.0 Å². The van der Waals surface area contributed by atoms with E-state index in [1.165, 1.54) is 0 Å². The zero-order valence-corrected chi connectivity index (χ0v) is 10.9. The largest absolute Gasteiger partial charge is 0.491 e. The average molecular weight is 262 g/mol. The lowest BCUT2D eigenvalue weighted by molar-refractivity contribution is 0.106. The first-order valence-corrected chi connectivity index (χ1v) is 6.15. The zero-order chi connectivity index (χ0) is 13.5. The normalized spacial score (nSPS) is 12.3. The van der Waals surface area contributed by atoms with Gasteiger partial charge in [0.15, 0.2) is 5.82 Å². The van der Waals surface area contributed by atoms with Gasteiger partial charge in [-0.15, -0.1) is 0 Å². The predicted molar refractivity (Wildman–Crippen MR) is 70.7 cm³/mol. The summed E-state index contributed by atoms with van der Waals surface area (Å²) in [6.45, 7) is 1.22. The van der Waals surface area contributed by atoms with Gasteiger partial charge in [0, 0.05) is 13.6 Å². The molecule has 2 N–H and O–H groups in total. The lowest BCUT2D eigenvalue weighted by Gasteiger charge is -2.12. The highest BCUT2D eigenvalue weighted by atomic mass is 16.5. The number of hydrogen-bond acceptors (Lipinski definition) is 5. The molecule has 1 unspecified atom stereocenters. The summed E-state index contributed by atoms with van der Waals surface area (Å²) < 4.78 is 7.09. The number of hydrogen-bond donors (Lipinski definition) is 2. The third kappa shape index (κ3) is 4.69. The molecule has 0 saturated heterocycles. The molecule has 0 amide bonds. The number of aliphatic hydroxyl groups is 1. The molecule has 1 atom stereocenters. The number of nitrogens with one attached hydrogen (secondary N) is 1. The van der Waals surface area contributed by atoms with Gasteiger partial charge in [-0.3, -0.25) is 4.68 Å². The lowest BCUT2D eigenvalue weighted by Crippen LogP contribution is -2.31. The number of aliphatic hydroxyl groups excluding tert-OH is 1. The quantitative estimate of drug-likeness (QED) is 0.753. The smallest absolute Gasteiger partial charge is 0.164 e. The Morgan fingerprint density at radius 1 is 1.37 bits per heavy atom. The van der Waals surface area contributed by atoms with E-state index >= 15 is 0 Å². The lowest BCUT2D eigenvalue weighted by atomic mass is 10.3. The van der Waals surface area contributed by atoms with Crippen molar-refractivity contribution in [3.05, 3.63) is 42.5 Å². The number of benzene rings is 1. The molecule has 0 saturated carbocycles. The molecule has 0 aliphatic carbocycles. The summed E-state index contributed by atoms with van der Waals surface area (Å²) in [6, 6.07) is 9.43. The van der Waals surface area contributed by atoms with Crippen molar-refractivity contribution < 1.29 is 9.84 Å². The molecule has 0 spiro atoms. The fraction of sp³-hybridized carbons (Fsp3) is 0.385. The Balaban J connectivity index is 1.63. The number of rotatable bonds is 7. The van der Waals surface area contributed by atoms with Crippen molar-refractivity contribution in [3.8, 4) is 5.75 Å². The van der Waals surface area contributed by atoms with Crippen molar-refractivity contribution in [3.63, 3.8) is 0 Å². The maximum absolute atomic E-state index is 9.76. The van der Waals surface area contributed by atoms with E-state index in [9.17, 15) is 5.11 Å². The molecular weight excluding hydrogens is 244 g/mol. The van der Waals surface area contributed by atoms with Crippen LogP contribution >= 0.6 is 0 Å². The topological polar surface area (TPSA) is 72.2 Å². The minimum Gasteiger partial charge on any atom is -0.491 e. The van der Waals surface area contributed by atoms with Crippen LogP contribution in [0.15, 0.2) is 36.7 Å². The first-order chi connectivity index (χ1) is 9.24. The molecule has 0 fully saturated rings. The number of para-hydroxylation sites is 1. The summed E-state index contributed by atoms with van der Waals surface area (Å²) in [5.41, 5.74) is 0. The first-order valence-electron chi connectivity index (χ1n) is 6.15. The van der Waals surface area contributed by atoms with E-state index in [2.05, 4.69) is 15.4 Å². The highest BCUT2D eigenvalue weighted by Gasteiger charge is 2.05. The second-order valence-electron chi connectivity index (χ2n) is 4.24. The first kappa shape index (κ1) is 13.5. The van der Waals surface area contributed by atoms with Gasteiger partial charge in [0.25, 0.3) is 0 Å². The number of ether oxygens (including phenoxy) is 1. The average Bonchev–Trinajstić information content (AvgIpc) is 2.83. The highest BCUT2D eigenvalue weighted by Crippen LogP contribution is 2.08. The number of aryl methyl sites for hydroxylation is 1. The Labute approximate surface area is 112 Å². The van der Waals surface area contributed by atoms with Gasteiger partial charge in [-0.25, -0.2) is 4.98 Å². The van der Waals surface area contributed by atoms with Crippen molar-refractivity contribution in [2.45, 2.75) is 12.6 Å². The molecule has 0 bridgehead atoms. The predicted octanol–water partition coefficient (Wildman–Crippen LogP) is 0.345. The van der Waals surface area contributed by atoms with E-state index in [4.69, 9.17) is 4.74 Å². The zero-order valence-electron chi connectivity index (χ0n) is 10.9. The van der Waals surface area contributed by atoms with Crippen LogP contribution in [-0.2, 0) is 13.6 Å². The molecular formula is C13H18N4O2.